The van der Waals surface area contributed by atoms with Crippen molar-refractivity contribution in [2.45, 2.75) is 38.7 Å². The summed E-state index contributed by atoms with van der Waals surface area (Å²) in [5, 5.41) is 3.70. The number of carbonyl (C=O) groups excluding carboxylic acids is 1. The lowest BCUT2D eigenvalue weighted by Gasteiger charge is -2.39. The van der Waals surface area contributed by atoms with Crippen LogP contribution in [0.1, 0.15) is 33.1 Å². The summed E-state index contributed by atoms with van der Waals surface area (Å²) in [7, 11) is 0. The topological polar surface area (TPSA) is 38.3 Å². The Bertz CT molecular complexity index is 616. The van der Waals surface area contributed by atoms with Gasteiger partial charge in [0.1, 0.15) is 0 Å². The fourth-order valence-corrected chi connectivity index (χ4v) is 5.15. The molecule has 1 heterocycles. The normalized spacial score (nSPS) is 43.3. The van der Waals surface area contributed by atoms with Crippen LogP contribution in [0, 0.1) is 16.7 Å². The van der Waals surface area contributed by atoms with Gasteiger partial charge in [-0.05, 0) is 49.4 Å². The van der Waals surface area contributed by atoms with Gasteiger partial charge >= 0.3 is 0 Å². The van der Waals surface area contributed by atoms with Crippen LogP contribution in [0.3, 0.4) is 0 Å². The van der Waals surface area contributed by atoms with Gasteiger partial charge in [-0.15, -0.1) is 0 Å². The Labute approximate surface area is 130 Å². The van der Waals surface area contributed by atoms with Crippen LogP contribution in [-0.4, -0.2) is 18.1 Å². The second-order valence-corrected chi connectivity index (χ2v) is 7.70. The molecule has 4 atom stereocenters. The fourth-order valence-electron chi connectivity index (χ4n) is 5.02. The third kappa shape index (κ3) is 1.46. The smallest absolute Gasteiger partial charge is 0.257 e. The van der Waals surface area contributed by atoms with Crippen molar-refractivity contribution >= 4 is 23.2 Å². The molecule has 1 saturated heterocycles. The standard InChI is InChI=1S/C17H20ClNO2/c1-15-10-21-17(9-11(15)7-8-16(15,17)2)14(20)19-13-5-3-12(18)4-6-13/h3-6,11H,7-10H2,1-2H3,(H,19,20)/t11-,15+,16-,17-/m1/s1. The summed E-state index contributed by atoms with van der Waals surface area (Å²) in [6, 6.07) is 7.25. The van der Waals surface area contributed by atoms with Crippen molar-refractivity contribution in [3.8, 4) is 0 Å². The van der Waals surface area contributed by atoms with Crippen LogP contribution in [0.5, 0.6) is 0 Å². The van der Waals surface area contributed by atoms with E-state index in [1.54, 1.807) is 12.1 Å². The number of nitrogens with one attached hydrogen (secondary N) is 1. The lowest BCUT2D eigenvalue weighted by molar-refractivity contribution is -0.149. The Hall–Kier alpha value is -1.06. The van der Waals surface area contributed by atoms with Crippen molar-refractivity contribution in [2.24, 2.45) is 16.7 Å². The summed E-state index contributed by atoms with van der Waals surface area (Å²) in [6.07, 6.45) is 3.17. The summed E-state index contributed by atoms with van der Waals surface area (Å²) in [5.41, 5.74) is 0.248. The lowest BCUT2D eigenvalue weighted by Crippen LogP contribution is -2.52. The van der Waals surface area contributed by atoms with E-state index in [-0.39, 0.29) is 16.7 Å². The van der Waals surface area contributed by atoms with Crippen LogP contribution in [0.15, 0.2) is 24.3 Å². The van der Waals surface area contributed by atoms with E-state index in [0.29, 0.717) is 17.5 Å². The molecule has 1 aliphatic heterocycles. The fraction of sp³-hybridized carbons (Fsp3) is 0.588. The molecule has 4 rings (SSSR count). The van der Waals surface area contributed by atoms with Crippen LogP contribution in [0.25, 0.3) is 0 Å². The molecule has 2 saturated carbocycles. The summed E-state index contributed by atoms with van der Waals surface area (Å²) in [4.78, 5) is 12.9. The molecular formula is C17H20ClNO2. The largest absolute Gasteiger partial charge is 0.364 e. The van der Waals surface area contributed by atoms with Crippen molar-refractivity contribution in [2.75, 3.05) is 11.9 Å². The van der Waals surface area contributed by atoms with Crippen molar-refractivity contribution in [3.05, 3.63) is 29.3 Å². The molecule has 4 heteroatoms. The third-order valence-electron chi connectivity index (χ3n) is 6.67. The summed E-state index contributed by atoms with van der Waals surface area (Å²) < 4.78 is 6.10. The molecule has 0 spiro atoms. The van der Waals surface area contributed by atoms with Gasteiger partial charge < -0.3 is 10.1 Å². The van der Waals surface area contributed by atoms with E-state index in [4.69, 9.17) is 16.3 Å². The summed E-state index contributed by atoms with van der Waals surface area (Å²) >= 11 is 5.89. The van der Waals surface area contributed by atoms with Gasteiger partial charge in [0.25, 0.3) is 5.91 Å². The molecule has 0 aromatic heterocycles. The van der Waals surface area contributed by atoms with Gasteiger partial charge in [0.15, 0.2) is 5.60 Å². The average Bonchev–Trinajstić information content (AvgIpc) is 2.93. The zero-order chi connectivity index (χ0) is 14.9. The predicted molar refractivity (Wildman–Crippen MR) is 82.3 cm³/mol. The number of benzene rings is 1. The lowest BCUT2D eigenvalue weighted by atomic mass is 9.66. The first-order valence-corrected chi connectivity index (χ1v) is 8.00. The molecular weight excluding hydrogens is 286 g/mol. The van der Waals surface area contributed by atoms with Crippen molar-refractivity contribution < 1.29 is 9.53 Å². The molecule has 21 heavy (non-hydrogen) atoms. The van der Waals surface area contributed by atoms with Crippen LogP contribution >= 0.6 is 11.6 Å². The highest BCUT2D eigenvalue weighted by atomic mass is 35.5. The van der Waals surface area contributed by atoms with Crippen LogP contribution < -0.4 is 5.32 Å². The first-order valence-electron chi connectivity index (χ1n) is 7.62. The van der Waals surface area contributed by atoms with Crippen molar-refractivity contribution in [1.29, 1.82) is 0 Å². The molecule has 1 aromatic rings. The van der Waals surface area contributed by atoms with Crippen LogP contribution in [0.2, 0.25) is 5.02 Å². The van der Waals surface area contributed by atoms with E-state index < -0.39 is 5.60 Å². The van der Waals surface area contributed by atoms with Gasteiger partial charge in [0.05, 0.1) is 6.61 Å². The van der Waals surface area contributed by atoms with Gasteiger partial charge in [-0.1, -0.05) is 25.4 Å². The Morgan fingerprint density at radius 2 is 2.05 bits per heavy atom. The highest BCUT2D eigenvalue weighted by Gasteiger charge is 2.78. The van der Waals surface area contributed by atoms with E-state index >= 15 is 0 Å². The molecule has 112 valence electrons. The summed E-state index contributed by atoms with van der Waals surface area (Å²) in [6.45, 7) is 5.26. The van der Waals surface area contributed by atoms with E-state index in [1.807, 2.05) is 12.1 Å². The number of ether oxygens (including phenoxy) is 1. The molecule has 3 aliphatic rings. The summed E-state index contributed by atoms with van der Waals surface area (Å²) in [5.74, 6) is 0.630. The van der Waals surface area contributed by atoms with Gasteiger partial charge in [-0.25, -0.2) is 0 Å². The van der Waals surface area contributed by atoms with E-state index in [9.17, 15) is 4.79 Å². The Morgan fingerprint density at radius 3 is 2.67 bits per heavy atom. The van der Waals surface area contributed by atoms with E-state index in [2.05, 4.69) is 19.2 Å². The van der Waals surface area contributed by atoms with Crippen LogP contribution in [0.4, 0.5) is 5.69 Å². The zero-order valence-corrected chi connectivity index (χ0v) is 13.2. The maximum absolute atomic E-state index is 12.9. The Balaban J connectivity index is 1.65. The second kappa shape index (κ2) is 4.02. The quantitative estimate of drug-likeness (QED) is 0.900. The minimum atomic E-state index is -0.649. The molecule has 2 aliphatic carbocycles. The first-order chi connectivity index (χ1) is 9.91. The second-order valence-electron chi connectivity index (χ2n) is 7.27. The van der Waals surface area contributed by atoms with Gasteiger partial charge in [0.2, 0.25) is 0 Å². The molecule has 1 N–H and O–H groups in total. The minimum absolute atomic E-state index is 0.0123. The maximum Gasteiger partial charge on any atom is 0.257 e. The zero-order valence-electron chi connectivity index (χ0n) is 12.4. The SMILES string of the molecule is C[C@]12CC[C@@H]3C[C@]1(C(=O)Nc1ccc(Cl)cc1)OC[C@@]32C. The van der Waals surface area contributed by atoms with Gasteiger partial charge in [0, 0.05) is 21.5 Å². The van der Waals surface area contributed by atoms with E-state index in [1.165, 1.54) is 6.42 Å². The predicted octanol–water partition coefficient (Wildman–Crippen LogP) is 3.87. The van der Waals surface area contributed by atoms with Crippen molar-refractivity contribution in [3.63, 3.8) is 0 Å². The van der Waals surface area contributed by atoms with Gasteiger partial charge in [-0.2, -0.15) is 0 Å². The number of amides is 1. The molecule has 0 radical (unpaired) electrons. The molecule has 1 aromatic carbocycles. The van der Waals surface area contributed by atoms with Crippen LogP contribution in [-0.2, 0) is 9.53 Å². The molecule has 4 bridgehead atoms. The minimum Gasteiger partial charge on any atom is -0.364 e. The number of hydrogen-bond acceptors (Lipinski definition) is 2. The average molecular weight is 306 g/mol. The van der Waals surface area contributed by atoms with Crippen molar-refractivity contribution in [1.82, 2.24) is 0 Å². The Kier molecular flexibility index (Phi) is 2.60. The molecule has 3 nitrogen and oxygen atoms in total. The number of rotatable bonds is 2. The molecule has 3 fully saturated rings. The number of hydrogen-bond donors (Lipinski definition) is 1. The van der Waals surface area contributed by atoms with Gasteiger partial charge in [-0.3, -0.25) is 4.79 Å². The van der Waals surface area contributed by atoms with E-state index in [0.717, 1.165) is 18.5 Å². The maximum atomic E-state index is 12.9. The molecule has 1 amide bonds. The third-order valence-corrected chi connectivity index (χ3v) is 6.92. The highest BCUT2D eigenvalue weighted by molar-refractivity contribution is 6.30. The highest BCUT2D eigenvalue weighted by Crippen LogP contribution is 2.75. The Morgan fingerprint density at radius 1 is 1.33 bits per heavy atom. The number of carbonyl (C=O) groups is 1. The number of anilines is 1. The first kappa shape index (κ1) is 13.6. The monoisotopic (exact) mass is 305 g/mol. The number of halogens is 1. The molecule has 0 unspecified atom stereocenters.